The van der Waals surface area contributed by atoms with Crippen LogP contribution in [0.25, 0.3) is 6.08 Å². The standard InChI is InChI=1S/C28H25BrN2O3S2/c1-16-5-8-21(11-17(16)2)31-27(33)25(36-28(31)35)14-20-6-9-22(10-7-20)34-15-26(32)30-24-13-19(4)18(3)12-23(24)29/h5-14H,15H2,1-4H3,(H,30,32)/b25-14+. The average Bonchev–Trinajstić information content (AvgIpc) is 3.11. The Morgan fingerprint density at radius 3 is 2.36 bits per heavy atom. The summed E-state index contributed by atoms with van der Waals surface area (Å²) in [5.41, 5.74) is 6.83. The first-order chi connectivity index (χ1) is 17.1. The molecule has 1 aliphatic rings. The molecular weight excluding hydrogens is 556 g/mol. The molecule has 3 aromatic rings. The molecule has 0 atom stereocenters. The summed E-state index contributed by atoms with van der Waals surface area (Å²) >= 11 is 10.3. The molecule has 0 saturated carbocycles. The average molecular weight is 582 g/mol. The second kappa shape index (κ2) is 11.0. The predicted octanol–water partition coefficient (Wildman–Crippen LogP) is 7.11. The van der Waals surface area contributed by atoms with Crippen molar-refractivity contribution >= 4 is 73.5 Å². The van der Waals surface area contributed by atoms with Crippen LogP contribution < -0.4 is 15.0 Å². The number of carbonyl (C=O) groups excluding carboxylic acids is 2. The Morgan fingerprint density at radius 2 is 1.67 bits per heavy atom. The first-order valence-electron chi connectivity index (χ1n) is 11.3. The summed E-state index contributed by atoms with van der Waals surface area (Å²) in [4.78, 5) is 27.5. The monoisotopic (exact) mass is 580 g/mol. The van der Waals surface area contributed by atoms with Crippen LogP contribution in [0.4, 0.5) is 11.4 Å². The van der Waals surface area contributed by atoms with Crippen LogP contribution in [-0.2, 0) is 9.59 Å². The quantitative estimate of drug-likeness (QED) is 0.249. The van der Waals surface area contributed by atoms with E-state index in [0.717, 1.165) is 38.0 Å². The molecule has 3 aromatic carbocycles. The fraction of sp³-hybridized carbons (Fsp3) is 0.179. The highest BCUT2D eigenvalue weighted by molar-refractivity contribution is 9.10. The maximum atomic E-state index is 13.1. The predicted molar refractivity (Wildman–Crippen MR) is 156 cm³/mol. The lowest BCUT2D eigenvalue weighted by molar-refractivity contribution is -0.118. The van der Waals surface area contributed by atoms with Gasteiger partial charge in [-0.3, -0.25) is 14.5 Å². The number of halogens is 1. The fourth-order valence-corrected chi connectivity index (χ4v) is 5.43. The number of nitrogens with zero attached hydrogens (tertiary/aromatic N) is 1. The molecule has 2 amide bonds. The van der Waals surface area contributed by atoms with Gasteiger partial charge in [0.05, 0.1) is 16.3 Å². The number of hydrogen-bond acceptors (Lipinski definition) is 5. The topological polar surface area (TPSA) is 58.6 Å². The van der Waals surface area contributed by atoms with Gasteiger partial charge in [-0.1, -0.05) is 42.2 Å². The van der Waals surface area contributed by atoms with Crippen LogP contribution in [0.15, 0.2) is 64.0 Å². The molecule has 0 spiro atoms. The molecule has 1 saturated heterocycles. The minimum Gasteiger partial charge on any atom is -0.484 e. The smallest absolute Gasteiger partial charge is 0.270 e. The Labute approximate surface area is 229 Å². The molecular formula is C28H25BrN2O3S2. The van der Waals surface area contributed by atoms with Crippen molar-refractivity contribution < 1.29 is 14.3 Å². The van der Waals surface area contributed by atoms with Crippen molar-refractivity contribution in [2.45, 2.75) is 27.7 Å². The Bertz CT molecular complexity index is 1400. The molecule has 8 heteroatoms. The van der Waals surface area contributed by atoms with Crippen LogP contribution >= 0.6 is 39.9 Å². The third-order valence-electron chi connectivity index (χ3n) is 5.95. The molecule has 1 fully saturated rings. The molecule has 36 heavy (non-hydrogen) atoms. The van der Waals surface area contributed by atoms with Gasteiger partial charge in [-0.2, -0.15) is 0 Å². The second-order valence-electron chi connectivity index (χ2n) is 8.61. The van der Waals surface area contributed by atoms with Gasteiger partial charge in [-0.25, -0.2) is 0 Å². The van der Waals surface area contributed by atoms with E-state index in [9.17, 15) is 9.59 Å². The zero-order valence-electron chi connectivity index (χ0n) is 20.3. The van der Waals surface area contributed by atoms with Gasteiger partial charge in [0.1, 0.15) is 5.75 Å². The van der Waals surface area contributed by atoms with Crippen LogP contribution in [0.1, 0.15) is 27.8 Å². The number of rotatable bonds is 6. The summed E-state index contributed by atoms with van der Waals surface area (Å²) in [6, 6.07) is 17.0. The lowest BCUT2D eigenvalue weighted by Gasteiger charge is -2.15. The van der Waals surface area contributed by atoms with Crippen LogP contribution in [0.3, 0.4) is 0 Å². The first-order valence-corrected chi connectivity index (χ1v) is 13.3. The van der Waals surface area contributed by atoms with Crippen LogP contribution in [0, 0.1) is 27.7 Å². The summed E-state index contributed by atoms with van der Waals surface area (Å²) in [6.07, 6.45) is 1.81. The van der Waals surface area contributed by atoms with Gasteiger partial charge in [0, 0.05) is 4.47 Å². The van der Waals surface area contributed by atoms with E-state index in [1.54, 1.807) is 17.0 Å². The number of aryl methyl sites for hydroxylation is 4. The minimum absolute atomic E-state index is 0.118. The van der Waals surface area contributed by atoms with E-state index < -0.39 is 0 Å². The van der Waals surface area contributed by atoms with Crippen molar-refractivity contribution in [2.24, 2.45) is 0 Å². The maximum Gasteiger partial charge on any atom is 0.270 e. The largest absolute Gasteiger partial charge is 0.484 e. The van der Waals surface area contributed by atoms with E-state index >= 15 is 0 Å². The molecule has 1 N–H and O–H groups in total. The zero-order valence-corrected chi connectivity index (χ0v) is 23.6. The molecule has 0 unspecified atom stereocenters. The number of ether oxygens (including phenoxy) is 1. The minimum atomic E-state index is -0.252. The molecule has 184 valence electrons. The van der Waals surface area contributed by atoms with Crippen molar-refractivity contribution in [1.82, 2.24) is 0 Å². The Hall–Kier alpha value is -2.94. The number of carbonyl (C=O) groups is 2. The number of hydrogen-bond donors (Lipinski definition) is 1. The number of nitrogens with one attached hydrogen (secondary N) is 1. The molecule has 0 aromatic heterocycles. The number of amides is 2. The van der Waals surface area contributed by atoms with Gasteiger partial charge >= 0.3 is 0 Å². The lowest BCUT2D eigenvalue weighted by Crippen LogP contribution is -2.27. The molecule has 5 nitrogen and oxygen atoms in total. The Kier molecular flexibility index (Phi) is 7.97. The van der Waals surface area contributed by atoms with Gasteiger partial charge < -0.3 is 10.1 Å². The van der Waals surface area contributed by atoms with Crippen molar-refractivity contribution in [2.75, 3.05) is 16.8 Å². The van der Waals surface area contributed by atoms with E-state index in [2.05, 4.69) is 21.2 Å². The number of thioether (sulfide) groups is 1. The number of benzene rings is 3. The Balaban J connectivity index is 1.38. The van der Waals surface area contributed by atoms with Crippen LogP contribution in [-0.4, -0.2) is 22.7 Å². The highest BCUT2D eigenvalue weighted by atomic mass is 79.9. The normalized spacial score (nSPS) is 14.5. The van der Waals surface area contributed by atoms with Crippen molar-refractivity contribution in [3.63, 3.8) is 0 Å². The third-order valence-corrected chi connectivity index (χ3v) is 7.91. The van der Waals surface area contributed by atoms with Crippen molar-refractivity contribution in [3.05, 3.63) is 91.8 Å². The summed E-state index contributed by atoms with van der Waals surface area (Å²) in [6.45, 7) is 7.95. The summed E-state index contributed by atoms with van der Waals surface area (Å²) in [5, 5.41) is 2.86. The molecule has 4 rings (SSSR count). The van der Waals surface area contributed by atoms with Gasteiger partial charge in [-0.15, -0.1) is 0 Å². The number of anilines is 2. The maximum absolute atomic E-state index is 13.1. The summed E-state index contributed by atoms with van der Waals surface area (Å²) < 4.78 is 6.98. The highest BCUT2D eigenvalue weighted by Crippen LogP contribution is 2.36. The SMILES string of the molecule is Cc1ccc(N2C(=O)/C(=C\c3ccc(OCC(=O)Nc4cc(C)c(C)cc4Br)cc3)SC2=S)cc1C. The highest BCUT2D eigenvalue weighted by Gasteiger charge is 2.33. The van der Waals surface area contributed by atoms with Gasteiger partial charge in [0.2, 0.25) is 0 Å². The van der Waals surface area contributed by atoms with Crippen molar-refractivity contribution in [1.29, 1.82) is 0 Å². The first kappa shape index (κ1) is 26.1. The van der Waals surface area contributed by atoms with Gasteiger partial charge in [-0.05, 0) is 114 Å². The van der Waals surface area contributed by atoms with E-state index in [1.165, 1.54) is 11.8 Å². The third kappa shape index (κ3) is 5.88. The second-order valence-corrected chi connectivity index (χ2v) is 11.1. The molecule has 0 bridgehead atoms. The zero-order chi connectivity index (χ0) is 26.0. The van der Waals surface area contributed by atoms with Gasteiger partial charge in [0.25, 0.3) is 11.8 Å². The molecule has 1 aliphatic heterocycles. The molecule has 0 radical (unpaired) electrons. The van der Waals surface area contributed by atoms with Crippen LogP contribution in [0.5, 0.6) is 5.75 Å². The van der Waals surface area contributed by atoms with Gasteiger partial charge in [0.15, 0.2) is 10.9 Å². The van der Waals surface area contributed by atoms with E-state index in [-0.39, 0.29) is 18.4 Å². The van der Waals surface area contributed by atoms with E-state index in [0.29, 0.717) is 20.7 Å². The van der Waals surface area contributed by atoms with E-state index in [4.69, 9.17) is 17.0 Å². The number of thiocarbonyl (C=S) groups is 1. The van der Waals surface area contributed by atoms with Crippen molar-refractivity contribution in [3.8, 4) is 5.75 Å². The Morgan fingerprint density at radius 1 is 1.00 bits per heavy atom. The molecule has 1 heterocycles. The van der Waals surface area contributed by atoms with Crippen LogP contribution in [0.2, 0.25) is 0 Å². The summed E-state index contributed by atoms with van der Waals surface area (Å²) in [7, 11) is 0. The summed E-state index contributed by atoms with van der Waals surface area (Å²) in [5.74, 6) is 0.171. The lowest BCUT2D eigenvalue weighted by atomic mass is 10.1. The van der Waals surface area contributed by atoms with E-state index in [1.807, 2.05) is 76.2 Å². The fourth-order valence-electron chi connectivity index (χ4n) is 3.58. The molecule has 0 aliphatic carbocycles.